The van der Waals surface area contributed by atoms with Crippen molar-refractivity contribution in [3.8, 4) is 0 Å². The molecule has 0 saturated heterocycles. The molecule has 66 valence electrons. The highest BCUT2D eigenvalue weighted by molar-refractivity contribution is 5.85. The molecule has 0 spiro atoms. The highest BCUT2D eigenvalue weighted by Crippen LogP contribution is 2.45. The second kappa shape index (κ2) is 3.46. The third kappa shape index (κ3) is 1.47. The van der Waals surface area contributed by atoms with E-state index in [0.29, 0.717) is 17.9 Å². The van der Waals surface area contributed by atoms with Gasteiger partial charge in [0.1, 0.15) is 0 Å². The molecule has 1 saturated carbocycles. The van der Waals surface area contributed by atoms with Crippen molar-refractivity contribution in [3.63, 3.8) is 0 Å². The van der Waals surface area contributed by atoms with E-state index < -0.39 is 0 Å². The number of hydrogen-bond acceptors (Lipinski definition) is 1. The summed E-state index contributed by atoms with van der Waals surface area (Å²) in [7, 11) is 0. The largest absolute Gasteiger partial charge is 0.327 e. The van der Waals surface area contributed by atoms with Gasteiger partial charge in [-0.3, -0.25) is 0 Å². The van der Waals surface area contributed by atoms with Gasteiger partial charge in [-0.1, -0.05) is 37.3 Å². The predicted molar refractivity (Wildman–Crippen MR) is 53.6 cm³/mol. The Morgan fingerprint density at radius 2 is 1.67 bits per heavy atom. The molecule has 0 heterocycles. The van der Waals surface area contributed by atoms with Crippen LogP contribution in [0.3, 0.4) is 0 Å². The summed E-state index contributed by atoms with van der Waals surface area (Å²) in [6, 6.07) is 10.9. The van der Waals surface area contributed by atoms with Crippen molar-refractivity contribution >= 4 is 12.4 Å². The molecule has 0 bridgehead atoms. The van der Waals surface area contributed by atoms with Crippen LogP contribution in [0.5, 0.6) is 0 Å². The zero-order valence-corrected chi connectivity index (χ0v) is 7.92. The standard InChI is InChI=1S/C10H13N.ClH/c1-7-9(10(7)11)8-5-3-2-4-6-8;/h2-7,9-10H,11H2,1H3;1H/t7-,9+,10+;/m0./s1. The Labute approximate surface area is 79.4 Å². The summed E-state index contributed by atoms with van der Waals surface area (Å²) in [6.45, 7) is 2.21. The highest BCUT2D eigenvalue weighted by atomic mass is 35.5. The first-order valence-electron chi connectivity index (χ1n) is 4.11. The van der Waals surface area contributed by atoms with Gasteiger partial charge in [-0.05, 0) is 11.5 Å². The molecule has 1 aromatic carbocycles. The summed E-state index contributed by atoms with van der Waals surface area (Å²) >= 11 is 0. The second-order valence-electron chi connectivity index (χ2n) is 3.37. The van der Waals surface area contributed by atoms with Crippen LogP contribution in [0.1, 0.15) is 18.4 Å². The number of rotatable bonds is 1. The van der Waals surface area contributed by atoms with Gasteiger partial charge in [0.15, 0.2) is 0 Å². The first-order valence-corrected chi connectivity index (χ1v) is 4.11. The number of benzene rings is 1. The normalized spacial score (nSPS) is 32.3. The van der Waals surface area contributed by atoms with Crippen LogP contribution in [0.4, 0.5) is 0 Å². The van der Waals surface area contributed by atoms with Crippen LogP contribution in [0, 0.1) is 5.92 Å². The Hall–Kier alpha value is -0.530. The molecule has 1 nitrogen and oxygen atoms in total. The zero-order chi connectivity index (χ0) is 7.84. The van der Waals surface area contributed by atoms with Crippen LogP contribution in [0.25, 0.3) is 0 Å². The molecule has 0 aliphatic heterocycles. The fraction of sp³-hybridized carbons (Fsp3) is 0.400. The van der Waals surface area contributed by atoms with Gasteiger partial charge in [-0.15, -0.1) is 12.4 Å². The Kier molecular flexibility index (Phi) is 2.76. The van der Waals surface area contributed by atoms with Gasteiger partial charge in [0.2, 0.25) is 0 Å². The van der Waals surface area contributed by atoms with Crippen LogP contribution in [0.2, 0.25) is 0 Å². The Morgan fingerprint density at radius 1 is 1.17 bits per heavy atom. The molecule has 2 N–H and O–H groups in total. The maximum atomic E-state index is 5.84. The summed E-state index contributed by atoms with van der Waals surface area (Å²) in [5.41, 5.74) is 7.24. The topological polar surface area (TPSA) is 26.0 Å². The summed E-state index contributed by atoms with van der Waals surface area (Å²) in [5.74, 6) is 1.30. The van der Waals surface area contributed by atoms with Gasteiger partial charge < -0.3 is 5.73 Å². The van der Waals surface area contributed by atoms with E-state index >= 15 is 0 Å². The number of halogens is 1. The van der Waals surface area contributed by atoms with Crippen molar-refractivity contribution in [2.24, 2.45) is 11.7 Å². The van der Waals surface area contributed by atoms with Crippen LogP contribution >= 0.6 is 12.4 Å². The lowest BCUT2D eigenvalue weighted by atomic mass is 10.1. The minimum Gasteiger partial charge on any atom is -0.327 e. The first-order chi connectivity index (χ1) is 5.30. The third-order valence-electron chi connectivity index (χ3n) is 2.63. The van der Waals surface area contributed by atoms with Gasteiger partial charge in [0.05, 0.1) is 0 Å². The monoisotopic (exact) mass is 183 g/mol. The van der Waals surface area contributed by atoms with Gasteiger partial charge in [0.25, 0.3) is 0 Å². The molecule has 0 aromatic heterocycles. The van der Waals surface area contributed by atoms with E-state index in [2.05, 4.69) is 31.2 Å². The lowest BCUT2D eigenvalue weighted by molar-refractivity contribution is 0.885. The maximum absolute atomic E-state index is 5.84. The molecular formula is C10H14ClN. The Bertz CT molecular complexity index is 239. The van der Waals surface area contributed by atoms with E-state index in [1.165, 1.54) is 5.56 Å². The van der Waals surface area contributed by atoms with E-state index in [-0.39, 0.29) is 12.4 Å². The van der Waals surface area contributed by atoms with E-state index in [4.69, 9.17) is 5.73 Å². The minimum absolute atomic E-state index is 0. The molecule has 2 heteroatoms. The second-order valence-corrected chi connectivity index (χ2v) is 3.37. The van der Waals surface area contributed by atoms with E-state index in [1.807, 2.05) is 6.07 Å². The average Bonchev–Trinajstić information content (AvgIpc) is 2.62. The molecule has 0 unspecified atom stereocenters. The predicted octanol–water partition coefficient (Wildman–Crippen LogP) is 2.17. The third-order valence-corrected chi connectivity index (χ3v) is 2.63. The van der Waals surface area contributed by atoms with Crippen LogP contribution in [-0.2, 0) is 0 Å². The minimum atomic E-state index is 0. The van der Waals surface area contributed by atoms with Crippen LogP contribution < -0.4 is 5.73 Å². The SMILES string of the molecule is C[C@@H]1[C@@H](N)[C@H]1c1ccccc1.Cl. The summed E-state index contributed by atoms with van der Waals surface area (Å²) in [5, 5.41) is 0. The fourth-order valence-corrected chi connectivity index (χ4v) is 1.69. The molecule has 1 fully saturated rings. The molecule has 2 rings (SSSR count). The molecule has 1 aliphatic rings. The Balaban J connectivity index is 0.000000720. The molecular weight excluding hydrogens is 170 g/mol. The fourth-order valence-electron chi connectivity index (χ4n) is 1.69. The zero-order valence-electron chi connectivity index (χ0n) is 7.10. The van der Waals surface area contributed by atoms with Crippen molar-refractivity contribution in [1.82, 2.24) is 0 Å². The van der Waals surface area contributed by atoms with Gasteiger partial charge in [-0.2, -0.15) is 0 Å². The van der Waals surface area contributed by atoms with E-state index in [9.17, 15) is 0 Å². The van der Waals surface area contributed by atoms with Crippen molar-refractivity contribution in [2.75, 3.05) is 0 Å². The number of hydrogen-bond donors (Lipinski definition) is 1. The van der Waals surface area contributed by atoms with E-state index in [0.717, 1.165) is 0 Å². The molecule has 0 amide bonds. The van der Waals surface area contributed by atoms with Crippen molar-refractivity contribution in [1.29, 1.82) is 0 Å². The van der Waals surface area contributed by atoms with Gasteiger partial charge in [0, 0.05) is 12.0 Å². The summed E-state index contributed by atoms with van der Waals surface area (Å²) in [4.78, 5) is 0. The number of nitrogens with two attached hydrogens (primary N) is 1. The molecule has 1 aliphatic carbocycles. The van der Waals surface area contributed by atoms with E-state index in [1.54, 1.807) is 0 Å². The van der Waals surface area contributed by atoms with Crippen molar-refractivity contribution in [2.45, 2.75) is 18.9 Å². The smallest absolute Gasteiger partial charge is 0.0143 e. The maximum Gasteiger partial charge on any atom is 0.0143 e. The summed E-state index contributed by atoms with van der Waals surface area (Å²) < 4.78 is 0. The molecule has 1 aromatic rings. The van der Waals surface area contributed by atoms with Crippen LogP contribution in [-0.4, -0.2) is 6.04 Å². The lowest BCUT2D eigenvalue weighted by Gasteiger charge is -1.95. The average molecular weight is 184 g/mol. The quantitative estimate of drug-likeness (QED) is 0.710. The van der Waals surface area contributed by atoms with Crippen LogP contribution in [0.15, 0.2) is 30.3 Å². The van der Waals surface area contributed by atoms with Gasteiger partial charge in [-0.25, -0.2) is 0 Å². The lowest BCUT2D eigenvalue weighted by Crippen LogP contribution is -2.02. The molecule has 0 radical (unpaired) electrons. The van der Waals surface area contributed by atoms with Gasteiger partial charge >= 0.3 is 0 Å². The summed E-state index contributed by atoms with van der Waals surface area (Å²) in [6.07, 6.45) is 0. The molecule has 12 heavy (non-hydrogen) atoms. The highest BCUT2D eigenvalue weighted by Gasteiger charge is 2.44. The first kappa shape index (κ1) is 9.56. The Morgan fingerprint density at radius 3 is 2.08 bits per heavy atom. The van der Waals surface area contributed by atoms with Crippen molar-refractivity contribution in [3.05, 3.63) is 35.9 Å². The van der Waals surface area contributed by atoms with Crippen molar-refractivity contribution < 1.29 is 0 Å². The molecule has 3 atom stereocenters.